The highest BCUT2D eigenvalue weighted by molar-refractivity contribution is 5.90. The molecule has 0 saturated carbocycles. The lowest BCUT2D eigenvalue weighted by Crippen LogP contribution is -2.41. The number of alkyl halides is 1. The highest BCUT2D eigenvalue weighted by Gasteiger charge is 2.38. The van der Waals surface area contributed by atoms with Crippen LogP contribution in [0, 0.1) is 5.82 Å². The van der Waals surface area contributed by atoms with Gasteiger partial charge < -0.3 is 19.2 Å². The van der Waals surface area contributed by atoms with Gasteiger partial charge in [0.15, 0.2) is 0 Å². The molecule has 170 valence electrons. The first-order valence-corrected chi connectivity index (χ1v) is 10.8. The molecule has 2 aliphatic heterocycles. The molecule has 10 nitrogen and oxygen atoms in total. The quantitative estimate of drug-likeness (QED) is 0.506. The number of fused-ring (bicyclic) bond motifs is 2. The van der Waals surface area contributed by atoms with Crippen LogP contribution >= 0.6 is 0 Å². The number of nitrogens with one attached hydrogen (secondary N) is 1. The van der Waals surface area contributed by atoms with Gasteiger partial charge >= 0.3 is 17.8 Å². The number of imidazole rings is 1. The lowest BCUT2D eigenvalue weighted by atomic mass is 9.99. The van der Waals surface area contributed by atoms with Crippen molar-refractivity contribution in [2.75, 3.05) is 24.5 Å². The third-order valence-electron chi connectivity index (χ3n) is 6.23. The lowest BCUT2D eigenvalue weighted by Gasteiger charge is -2.32. The Hall–Kier alpha value is -3.83. The minimum Gasteiger partial charge on any atom is -0.399 e. The first kappa shape index (κ1) is 19.8. The van der Waals surface area contributed by atoms with Gasteiger partial charge in [0, 0.05) is 37.9 Å². The summed E-state index contributed by atoms with van der Waals surface area (Å²) < 4.78 is 34.9. The summed E-state index contributed by atoms with van der Waals surface area (Å²) in [5.41, 5.74) is 2.32. The Morgan fingerprint density at radius 2 is 2.06 bits per heavy atom. The van der Waals surface area contributed by atoms with Gasteiger partial charge in [-0.2, -0.15) is 5.10 Å². The van der Waals surface area contributed by atoms with Crippen LogP contribution in [0.2, 0.25) is 0 Å². The molecule has 33 heavy (non-hydrogen) atoms. The van der Waals surface area contributed by atoms with Crippen LogP contribution in [0.1, 0.15) is 46.7 Å². The van der Waals surface area contributed by atoms with Crippen LogP contribution in [0.3, 0.4) is 0 Å². The Morgan fingerprint density at radius 1 is 1.21 bits per heavy atom. The Labute approximate surface area is 186 Å². The Kier molecular flexibility index (Phi) is 4.59. The van der Waals surface area contributed by atoms with E-state index in [1.165, 1.54) is 10.6 Å². The predicted octanol–water partition coefficient (Wildman–Crippen LogP) is 2.31. The first-order valence-electron chi connectivity index (χ1n) is 10.8. The van der Waals surface area contributed by atoms with Gasteiger partial charge in [-0.15, -0.1) is 5.10 Å². The number of hydrogen-bond acceptors (Lipinski definition) is 7. The number of piperidine rings is 1. The molecule has 1 N–H and O–H groups in total. The van der Waals surface area contributed by atoms with Crippen molar-refractivity contribution in [3.8, 4) is 0 Å². The van der Waals surface area contributed by atoms with Gasteiger partial charge in [-0.1, -0.05) is 5.10 Å². The number of hydrogen-bond donors (Lipinski definition) is 1. The van der Waals surface area contributed by atoms with Crippen molar-refractivity contribution < 1.29 is 18.0 Å². The number of H-pyrrole nitrogens is 1. The third kappa shape index (κ3) is 3.33. The summed E-state index contributed by atoms with van der Waals surface area (Å²) in [6, 6.07) is 4.09. The van der Waals surface area contributed by atoms with Crippen molar-refractivity contribution in [2.45, 2.75) is 31.5 Å². The van der Waals surface area contributed by atoms with E-state index in [1.807, 2.05) is 0 Å². The molecular formula is C21H20F2N8O2. The molecule has 0 spiro atoms. The van der Waals surface area contributed by atoms with E-state index in [0.717, 1.165) is 5.69 Å². The Morgan fingerprint density at radius 3 is 2.88 bits per heavy atom. The maximum absolute atomic E-state index is 14.3. The summed E-state index contributed by atoms with van der Waals surface area (Å²) in [6.07, 6.45) is 3.70. The molecule has 1 saturated heterocycles. The smallest absolute Gasteiger partial charge is 0.318 e. The van der Waals surface area contributed by atoms with Crippen molar-refractivity contribution in [3.05, 3.63) is 59.5 Å². The minimum absolute atomic E-state index is 0.161. The molecule has 12 heteroatoms. The number of carbonyl (C=O) groups excluding carboxylic acids is 1. The number of aromatic amines is 1. The predicted molar refractivity (Wildman–Crippen MR) is 111 cm³/mol. The number of amides is 1. The van der Waals surface area contributed by atoms with E-state index in [0.29, 0.717) is 55.8 Å². The second-order valence-corrected chi connectivity index (χ2v) is 8.22. The largest absolute Gasteiger partial charge is 0.399 e. The SMILES string of the molecule is O=C(c1nnc(N2CCC(F)CC2)o1)N1CCc2[nH]cnc2[C@@H]1c1cc2c(F)cccn2n1. The van der Waals surface area contributed by atoms with E-state index in [1.54, 1.807) is 34.5 Å². The molecule has 0 aromatic carbocycles. The molecule has 4 aromatic rings. The van der Waals surface area contributed by atoms with E-state index >= 15 is 0 Å². The monoisotopic (exact) mass is 454 g/mol. The summed E-state index contributed by atoms with van der Waals surface area (Å²) in [7, 11) is 0. The highest BCUT2D eigenvalue weighted by Crippen LogP contribution is 2.34. The fourth-order valence-electron chi connectivity index (χ4n) is 4.52. The van der Waals surface area contributed by atoms with Crippen molar-refractivity contribution in [3.63, 3.8) is 0 Å². The van der Waals surface area contributed by atoms with Crippen LogP contribution in [0.15, 0.2) is 35.1 Å². The second kappa shape index (κ2) is 7.64. The molecule has 4 aromatic heterocycles. The normalized spacial score (nSPS) is 19.3. The number of anilines is 1. The first-order chi connectivity index (χ1) is 16.1. The molecule has 6 rings (SSSR count). The zero-order valence-corrected chi connectivity index (χ0v) is 17.5. The molecule has 1 amide bonds. The fourth-order valence-corrected chi connectivity index (χ4v) is 4.52. The van der Waals surface area contributed by atoms with E-state index < -0.39 is 23.9 Å². The number of pyridine rings is 1. The maximum Gasteiger partial charge on any atom is 0.318 e. The summed E-state index contributed by atoms with van der Waals surface area (Å²) in [4.78, 5) is 24.3. The minimum atomic E-state index is -0.835. The lowest BCUT2D eigenvalue weighted by molar-refractivity contribution is 0.0646. The van der Waals surface area contributed by atoms with E-state index in [2.05, 4.69) is 25.3 Å². The van der Waals surface area contributed by atoms with Crippen molar-refractivity contribution >= 4 is 17.4 Å². The van der Waals surface area contributed by atoms with Crippen LogP contribution in [0.4, 0.5) is 14.8 Å². The van der Waals surface area contributed by atoms with E-state index in [4.69, 9.17) is 4.42 Å². The zero-order valence-electron chi connectivity index (χ0n) is 17.5. The van der Waals surface area contributed by atoms with Gasteiger partial charge in [0.05, 0.1) is 17.7 Å². The number of nitrogens with zero attached hydrogens (tertiary/aromatic N) is 7. The molecule has 2 aliphatic rings. The standard InChI is InChI=1S/C21H20F2N8O2/c22-12-3-7-29(8-4-12)21-27-26-19(33-21)20(32)30-9-5-14-17(25-11-24-14)18(30)15-10-16-13(23)2-1-6-31(16)28-15/h1-2,6,10-12,18H,3-5,7-9H2,(H,24,25)/t18-/m0/s1. The van der Waals surface area contributed by atoms with Gasteiger partial charge in [-0.3, -0.25) is 4.79 Å². The Balaban J connectivity index is 1.35. The molecule has 0 unspecified atom stereocenters. The fraction of sp³-hybridized carbons (Fsp3) is 0.381. The molecule has 0 bridgehead atoms. The van der Waals surface area contributed by atoms with Crippen LogP contribution in [0.5, 0.6) is 0 Å². The van der Waals surface area contributed by atoms with Gasteiger partial charge in [-0.25, -0.2) is 18.3 Å². The summed E-state index contributed by atoms with van der Waals surface area (Å²) in [5, 5.41) is 12.5. The van der Waals surface area contributed by atoms with E-state index in [9.17, 15) is 13.6 Å². The summed E-state index contributed by atoms with van der Waals surface area (Å²) >= 11 is 0. The molecule has 1 fully saturated rings. The van der Waals surface area contributed by atoms with Crippen LogP contribution in [0.25, 0.3) is 5.52 Å². The maximum atomic E-state index is 14.3. The topological polar surface area (TPSA) is 108 Å². The van der Waals surface area contributed by atoms with E-state index in [-0.39, 0.29) is 11.9 Å². The van der Waals surface area contributed by atoms with Gasteiger partial charge in [0.25, 0.3) is 0 Å². The summed E-state index contributed by atoms with van der Waals surface area (Å²) in [5.74, 6) is -1.04. The molecule has 0 radical (unpaired) electrons. The second-order valence-electron chi connectivity index (χ2n) is 8.22. The molecular weight excluding hydrogens is 434 g/mol. The number of carbonyl (C=O) groups is 1. The van der Waals surface area contributed by atoms with Crippen LogP contribution < -0.4 is 4.90 Å². The number of rotatable bonds is 3. The van der Waals surface area contributed by atoms with Gasteiger partial charge in [0.1, 0.15) is 23.5 Å². The molecule has 6 heterocycles. The third-order valence-corrected chi connectivity index (χ3v) is 6.23. The average molecular weight is 454 g/mol. The Bertz CT molecular complexity index is 1320. The van der Waals surface area contributed by atoms with Crippen LogP contribution in [-0.4, -0.2) is 66.4 Å². The van der Waals surface area contributed by atoms with Crippen molar-refractivity contribution in [1.82, 2.24) is 34.7 Å². The average Bonchev–Trinajstić information content (AvgIpc) is 3.57. The van der Waals surface area contributed by atoms with Crippen molar-refractivity contribution in [2.24, 2.45) is 0 Å². The zero-order chi connectivity index (χ0) is 22.5. The number of halogens is 2. The highest BCUT2D eigenvalue weighted by atomic mass is 19.1. The number of aromatic nitrogens is 6. The summed E-state index contributed by atoms with van der Waals surface area (Å²) in [6.45, 7) is 1.26. The molecule has 0 aliphatic carbocycles. The molecule has 1 atom stereocenters. The van der Waals surface area contributed by atoms with Crippen molar-refractivity contribution in [1.29, 1.82) is 0 Å². The van der Waals surface area contributed by atoms with Crippen LogP contribution in [-0.2, 0) is 6.42 Å². The van der Waals surface area contributed by atoms with Gasteiger partial charge in [0.2, 0.25) is 0 Å². The van der Waals surface area contributed by atoms with Gasteiger partial charge in [-0.05, 0) is 31.0 Å².